The van der Waals surface area contributed by atoms with Crippen LogP contribution in [0.4, 0.5) is 5.69 Å². The Morgan fingerprint density at radius 1 is 1.30 bits per heavy atom. The van der Waals surface area contributed by atoms with Crippen molar-refractivity contribution in [1.82, 2.24) is 10.3 Å². The zero-order chi connectivity index (χ0) is 14.5. The van der Waals surface area contributed by atoms with Crippen LogP contribution in [0.25, 0.3) is 0 Å². The number of hydrogen-bond donors (Lipinski definition) is 2. The number of pyridine rings is 1. The highest BCUT2D eigenvalue weighted by Crippen LogP contribution is 2.25. The molecule has 1 aromatic carbocycles. The minimum absolute atomic E-state index is 0.0900. The van der Waals surface area contributed by atoms with Crippen LogP contribution in [-0.4, -0.2) is 10.1 Å². The summed E-state index contributed by atoms with van der Waals surface area (Å²) >= 11 is 14.8. The molecule has 1 atom stereocenters. The number of halogens is 2. The Kier molecular flexibility index (Phi) is 5.34. The van der Waals surface area contributed by atoms with Gasteiger partial charge >= 0.3 is 0 Å². The van der Waals surface area contributed by atoms with Crippen LogP contribution in [0.5, 0.6) is 0 Å². The summed E-state index contributed by atoms with van der Waals surface area (Å²) in [5.41, 5.74) is 1.89. The lowest BCUT2D eigenvalue weighted by Crippen LogP contribution is -2.31. The predicted molar refractivity (Wildman–Crippen MR) is 91.2 cm³/mol. The lowest BCUT2D eigenvalue weighted by molar-refractivity contribution is 0.721. The van der Waals surface area contributed by atoms with Crippen LogP contribution in [0.1, 0.15) is 18.5 Å². The molecule has 1 aromatic heterocycles. The predicted octanol–water partition coefficient (Wildman–Crippen LogP) is 4.55. The van der Waals surface area contributed by atoms with Crippen molar-refractivity contribution in [3.05, 3.63) is 57.8 Å². The van der Waals surface area contributed by atoms with E-state index in [1.807, 2.05) is 37.3 Å². The molecule has 104 valence electrons. The van der Waals surface area contributed by atoms with Crippen molar-refractivity contribution in [3.63, 3.8) is 0 Å². The van der Waals surface area contributed by atoms with Crippen LogP contribution in [0.15, 0.2) is 47.2 Å². The highest BCUT2D eigenvalue weighted by molar-refractivity contribution is 9.10. The van der Waals surface area contributed by atoms with Crippen LogP contribution in [0.2, 0.25) is 5.02 Å². The fraction of sp³-hybridized carbons (Fsp3) is 0.143. The first-order valence-electron chi connectivity index (χ1n) is 5.99. The normalized spacial score (nSPS) is 11.8. The number of hydrogen-bond acceptors (Lipinski definition) is 2. The Morgan fingerprint density at radius 3 is 2.65 bits per heavy atom. The number of aromatic nitrogens is 1. The summed E-state index contributed by atoms with van der Waals surface area (Å²) in [5.74, 6) is 0. The number of nitrogens with zero attached hydrogens (tertiary/aromatic N) is 1. The van der Waals surface area contributed by atoms with E-state index in [0.717, 1.165) is 15.7 Å². The quantitative estimate of drug-likeness (QED) is 0.778. The molecule has 0 aliphatic rings. The first-order valence-corrected chi connectivity index (χ1v) is 7.56. The van der Waals surface area contributed by atoms with Gasteiger partial charge in [-0.2, -0.15) is 0 Å². The third kappa shape index (κ3) is 4.16. The molecule has 20 heavy (non-hydrogen) atoms. The Hall–Kier alpha value is -1.17. The minimum atomic E-state index is 0.0900. The van der Waals surface area contributed by atoms with Crippen LogP contribution in [0, 0.1) is 0 Å². The molecule has 0 saturated heterocycles. The first-order chi connectivity index (χ1) is 9.56. The van der Waals surface area contributed by atoms with Gasteiger partial charge in [-0.15, -0.1) is 0 Å². The summed E-state index contributed by atoms with van der Waals surface area (Å²) in [4.78, 5) is 4.00. The standard InChI is InChI=1S/C14H13BrClN3S/c1-9(10-4-6-17-7-5-10)18-14(20)19-13-3-2-11(15)8-12(13)16/h2-9H,1H3,(H2,18,19,20)/t9-/m0/s1. The first kappa shape index (κ1) is 15.2. The van der Waals surface area contributed by atoms with E-state index in [9.17, 15) is 0 Å². The number of anilines is 1. The largest absolute Gasteiger partial charge is 0.356 e. The van der Waals surface area contributed by atoms with Gasteiger partial charge in [0.1, 0.15) is 0 Å². The van der Waals surface area contributed by atoms with Crippen LogP contribution >= 0.6 is 39.7 Å². The van der Waals surface area contributed by atoms with Crippen LogP contribution in [-0.2, 0) is 0 Å². The summed E-state index contributed by atoms with van der Waals surface area (Å²) in [5, 5.41) is 7.44. The SMILES string of the molecule is C[C@H](NC(=S)Nc1ccc(Br)cc1Cl)c1ccncc1. The molecular formula is C14H13BrClN3S. The zero-order valence-corrected chi connectivity index (χ0v) is 13.9. The van der Waals surface area contributed by atoms with E-state index < -0.39 is 0 Å². The third-order valence-corrected chi connectivity index (χ3v) is 3.76. The molecule has 6 heteroatoms. The molecular weight excluding hydrogens is 358 g/mol. The molecule has 2 rings (SSSR count). The maximum absolute atomic E-state index is 6.14. The molecule has 0 saturated carbocycles. The summed E-state index contributed by atoms with van der Waals surface area (Å²) in [6.45, 7) is 2.03. The molecule has 0 fully saturated rings. The average molecular weight is 371 g/mol. The monoisotopic (exact) mass is 369 g/mol. The Bertz CT molecular complexity index is 607. The van der Waals surface area contributed by atoms with Crippen molar-refractivity contribution in [1.29, 1.82) is 0 Å². The number of benzene rings is 1. The van der Waals surface area contributed by atoms with Gasteiger partial charge < -0.3 is 10.6 Å². The van der Waals surface area contributed by atoms with E-state index in [-0.39, 0.29) is 6.04 Å². The Balaban J connectivity index is 1.99. The Labute approximate surface area is 136 Å². The summed E-state index contributed by atoms with van der Waals surface area (Å²) in [6.07, 6.45) is 3.52. The third-order valence-electron chi connectivity index (χ3n) is 2.73. The van der Waals surface area contributed by atoms with E-state index >= 15 is 0 Å². The van der Waals surface area contributed by atoms with E-state index in [0.29, 0.717) is 10.1 Å². The van der Waals surface area contributed by atoms with Crippen LogP contribution in [0.3, 0.4) is 0 Å². The average Bonchev–Trinajstić information content (AvgIpc) is 2.43. The van der Waals surface area contributed by atoms with Gasteiger partial charge in [0.25, 0.3) is 0 Å². The van der Waals surface area contributed by atoms with Gasteiger partial charge in [0.2, 0.25) is 0 Å². The van der Waals surface area contributed by atoms with E-state index in [2.05, 4.69) is 31.5 Å². The highest BCUT2D eigenvalue weighted by Gasteiger charge is 2.08. The maximum atomic E-state index is 6.14. The number of rotatable bonds is 3. The van der Waals surface area contributed by atoms with Crippen LogP contribution < -0.4 is 10.6 Å². The molecule has 0 amide bonds. The molecule has 2 aromatic rings. The molecule has 2 N–H and O–H groups in total. The second-order valence-corrected chi connectivity index (χ2v) is 5.96. The number of thiocarbonyl (C=S) groups is 1. The second kappa shape index (κ2) is 7.02. The molecule has 1 heterocycles. The molecule has 0 spiro atoms. The van der Waals surface area contributed by atoms with E-state index in [1.54, 1.807) is 12.4 Å². The maximum Gasteiger partial charge on any atom is 0.171 e. The smallest absolute Gasteiger partial charge is 0.171 e. The van der Waals surface area contributed by atoms with Gasteiger partial charge in [0, 0.05) is 16.9 Å². The molecule has 0 unspecified atom stereocenters. The van der Waals surface area contributed by atoms with E-state index in [1.165, 1.54) is 0 Å². The molecule has 0 radical (unpaired) electrons. The fourth-order valence-electron chi connectivity index (χ4n) is 1.68. The molecule has 3 nitrogen and oxygen atoms in total. The van der Waals surface area contributed by atoms with Gasteiger partial charge in [0.05, 0.1) is 16.8 Å². The minimum Gasteiger partial charge on any atom is -0.356 e. The van der Waals surface area contributed by atoms with Gasteiger partial charge in [-0.25, -0.2) is 0 Å². The van der Waals surface area contributed by atoms with E-state index in [4.69, 9.17) is 23.8 Å². The van der Waals surface area contributed by atoms with Gasteiger partial charge in [-0.3, -0.25) is 4.98 Å². The van der Waals surface area contributed by atoms with Crippen molar-refractivity contribution < 1.29 is 0 Å². The topological polar surface area (TPSA) is 37.0 Å². The second-order valence-electron chi connectivity index (χ2n) is 4.22. The summed E-state index contributed by atoms with van der Waals surface area (Å²) in [7, 11) is 0. The van der Waals surface area contributed by atoms with Crippen molar-refractivity contribution in [3.8, 4) is 0 Å². The molecule has 0 bridgehead atoms. The van der Waals surface area contributed by atoms with Crippen molar-refractivity contribution >= 4 is 50.5 Å². The van der Waals surface area contributed by atoms with Gasteiger partial charge in [-0.05, 0) is 55.0 Å². The van der Waals surface area contributed by atoms with Crippen molar-refractivity contribution in [2.24, 2.45) is 0 Å². The lowest BCUT2D eigenvalue weighted by Gasteiger charge is -2.17. The fourth-order valence-corrected chi connectivity index (χ4v) is 2.69. The summed E-state index contributed by atoms with van der Waals surface area (Å²) in [6, 6.07) is 9.59. The lowest BCUT2D eigenvalue weighted by atomic mass is 10.1. The number of nitrogens with one attached hydrogen (secondary N) is 2. The Morgan fingerprint density at radius 2 is 2.00 bits per heavy atom. The molecule has 0 aliphatic carbocycles. The highest BCUT2D eigenvalue weighted by atomic mass is 79.9. The zero-order valence-electron chi connectivity index (χ0n) is 10.7. The summed E-state index contributed by atoms with van der Waals surface area (Å²) < 4.78 is 0.928. The van der Waals surface area contributed by atoms with Gasteiger partial charge in [0.15, 0.2) is 5.11 Å². The van der Waals surface area contributed by atoms with Crippen molar-refractivity contribution in [2.45, 2.75) is 13.0 Å². The molecule has 0 aliphatic heterocycles. The van der Waals surface area contributed by atoms with Crippen molar-refractivity contribution in [2.75, 3.05) is 5.32 Å². The van der Waals surface area contributed by atoms with Gasteiger partial charge in [-0.1, -0.05) is 27.5 Å².